The number of hydrogen-bond acceptors (Lipinski definition) is 6. The van der Waals surface area contributed by atoms with Gasteiger partial charge in [0.25, 0.3) is 0 Å². The van der Waals surface area contributed by atoms with Gasteiger partial charge < -0.3 is 14.2 Å². The molecular formula is C62H120O6. The predicted octanol–water partition coefficient (Wildman–Crippen LogP) is 20.7. The summed E-state index contributed by atoms with van der Waals surface area (Å²) in [7, 11) is 0. The van der Waals surface area contributed by atoms with Gasteiger partial charge >= 0.3 is 17.9 Å². The Bertz CT molecular complexity index is 1010. The van der Waals surface area contributed by atoms with Gasteiger partial charge in [-0.15, -0.1) is 0 Å². The summed E-state index contributed by atoms with van der Waals surface area (Å²) in [6.45, 7) is 6.70. The molecule has 0 aromatic rings. The second kappa shape index (κ2) is 58.0. The van der Waals surface area contributed by atoms with Gasteiger partial charge in [-0.1, -0.05) is 323 Å². The molecular weight excluding hydrogens is 841 g/mol. The molecule has 0 aliphatic rings. The minimum absolute atomic E-state index is 0.0611. The first-order valence-electron chi connectivity index (χ1n) is 31.0. The monoisotopic (exact) mass is 961 g/mol. The highest BCUT2D eigenvalue weighted by Gasteiger charge is 2.19. The molecule has 0 spiro atoms. The molecule has 0 amide bonds. The van der Waals surface area contributed by atoms with E-state index in [1.54, 1.807) is 0 Å². The molecule has 0 rings (SSSR count). The third kappa shape index (κ3) is 55.3. The summed E-state index contributed by atoms with van der Waals surface area (Å²) in [5, 5.41) is 0. The highest BCUT2D eigenvalue weighted by atomic mass is 16.6. The van der Waals surface area contributed by atoms with Crippen molar-refractivity contribution in [1.82, 2.24) is 0 Å². The minimum Gasteiger partial charge on any atom is -0.462 e. The zero-order valence-electron chi connectivity index (χ0n) is 46.4. The fourth-order valence-electron chi connectivity index (χ4n) is 9.68. The van der Waals surface area contributed by atoms with Crippen molar-refractivity contribution >= 4 is 17.9 Å². The zero-order chi connectivity index (χ0) is 49.3. The highest BCUT2D eigenvalue weighted by Crippen LogP contribution is 2.18. The lowest BCUT2D eigenvalue weighted by atomic mass is 10.0. The van der Waals surface area contributed by atoms with Crippen LogP contribution in [0.2, 0.25) is 0 Å². The van der Waals surface area contributed by atoms with Crippen molar-refractivity contribution in [2.24, 2.45) is 0 Å². The van der Waals surface area contributed by atoms with Gasteiger partial charge in [-0.3, -0.25) is 14.4 Å². The van der Waals surface area contributed by atoms with Crippen LogP contribution in [0.3, 0.4) is 0 Å². The van der Waals surface area contributed by atoms with Crippen LogP contribution in [0.1, 0.15) is 361 Å². The minimum atomic E-state index is -0.761. The highest BCUT2D eigenvalue weighted by molar-refractivity contribution is 5.71. The summed E-state index contributed by atoms with van der Waals surface area (Å²) in [6.07, 6.45) is 65.5. The smallest absolute Gasteiger partial charge is 0.306 e. The summed E-state index contributed by atoms with van der Waals surface area (Å²) >= 11 is 0. The average Bonchev–Trinajstić information content (AvgIpc) is 3.34. The molecule has 0 bridgehead atoms. The molecule has 0 saturated heterocycles. The van der Waals surface area contributed by atoms with Crippen LogP contribution in [-0.4, -0.2) is 37.2 Å². The first kappa shape index (κ1) is 66.4. The van der Waals surface area contributed by atoms with E-state index in [1.807, 2.05) is 0 Å². The number of ether oxygens (including phenoxy) is 3. The second-order valence-electron chi connectivity index (χ2n) is 21.3. The lowest BCUT2D eigenvalue weighted by Gasteiger charge is -2.18. The van der Waals surface area contributed by atoms with Gasteiger partial charge in [-0.05, 0) is 19.3 Å². The average molecular weight is 962 g/mol. The van der Waals surface area contributed by atoms with Crippen LogP contribution in [0.15, 0.2) is 0 Å². The Morgan fingerprint density at radius 2 is 0.397 bits per heavy atom. The van der Waals surface area contributed by atoms with Gasteiger partial charge in [0.1, 0.15) is 13.2 Å². The maximum atomic E-state index is 12.8. The topological polar surface area (TPSA) is 78.9 Å². The summed E-state index contributed by atoms with van der Waals surface area (Å²) in [5.41, 5.74) is 0. The van der Waals surface area contributed by atoms with Gasteiger partial charge in [-0.2, -0.15) is 0 Å². The molecule has 0 aromatic heterocycles. The van der Waals surface area contributed by atoms with Gasteiger partial charge in [0.2, 0.25) is 0 Å². The fourth-order valence-corrected chi connectivity index (χ4v) is 9.68. The summed E-state index contributed by atoms with van der Waals surface area (Å²) in [6, 6.07) is 0. The Hall–Kier alpha value is -1.59. The number of unbranched alkanes of at least 4 members (excludes halogenated alkanes) is 47. The van der Waals surface area contributed by atoms with Crippen LogP contribution in [0.25, 0.3) is 0 Å². The summed E-state index contributed by atoms with van der Waals surface area (Å²) < 4.78 is 16.9. The summed E-state index contributed by atoms with van der Waals surface area (Å²) in [5.74, 6) is -0.833. The van der Waals surface area contributed by atoms with Crippen LogP contribution in [0.4, 0.5) is 0 Å². The SMILES string of the molecule is CCCCCCCCCCCCCCCCCCCCCCCCCCCCC(=O)OCC(COC(=O)CCCCCCCCCCCCCC)OC(=O)CCCCCCCCCCCCCC. The predicted molar refractivity (Wildman–Crippen MR) is 294 cm³/mol. The van der Waals surface area contributed by atoms with Gasteiger partial charge in [-0.25, -0.2) is 0 Å². The van der Waals surface area contributed by atoms with Crippen LogP contribution in [-0.2, 0) is 28.6 Å². The molecule has 0 saturated carbocycles. The standard InChI is InChI=1S/C62H120O6/c1-4-7-10-13-16-19-22-25-26-27-28-29-30-31-32-33-34-35-36-37-38-41-43-46-49-52-55-61(64)67-58-59(68-62(65)56-53-50-47-44-40-24-21-18-15-12-9-6-3)57-66-60(63)54-51-48-45-42-39-23-20-17-14-11-8-5-2/h59H,4-58H2,1-3H3. The molecule has 404 valence electrons. The largest absolute Gasteiger partial charge is 0.462 e. The van der Waals surface area contributed by atoms with Crippen LogP contribution in [0, 0.1) is 0 Å². The number of carbonyl (C=O) groups excluding carboxylic acids is 3. The van der Waals surface area contributed by atoms with Crippen molar-refractivity contribution in [3.05, 3.63) is 0 Å². The Morgan fingerprint density at radius 3 is 0.588 bits per heavy atom. The van der Waals surface area contributed by atoms with Crippen molar-refractivity contribution in [3.8, 4) is 0 Å². The Labute approximate surface area is 425 Å². The third-order valence-electron chi connectivity index (χ3n) is 14.4. The molecule has 1 atom stereocenters. The van der Waals surface area contributed by atoms with Gasteiger partial charge in [0.05, 0.1) is 0 Å². The van der Waals surface area contributed by atoms with E-state index in [2.05, 4.69) is 20.8 Å². The first-order chi connectivity index (χ1) is 33.5. The van der Waals surface area contributed by atoms with Crippen LogP contribution >= 0.6 is 0 Å². The molecule has 0 heterocycles. The van der Waals surface area contributed by atoms with E-state index < -0.39 is 6.10 Å². The van der Waals surface area contributed by atoms with Crippen molar-refractivity contribution in [2.75, 3.05) is 13.2 Å². The van der Waals surface area contributed by atoms with E-state index in [0.717, 1.165) is 57.8 Å². The summed E-state index contributed by atoms with van der Waals surface area (Å²) in [4.78, 5) is 38.1. The Morgan fingerprint density at radius 1 is 0.235 bits per heavy atom. The molecule has 1 unspecified atom stereocenters. The first-order valence-corrected chi connectivity index (χ1v) is 31.0. The third-order valence-corrected chi connectivity index (χ3v) is 14.4. The molecule has 68 heavy (non-hydrogen) atoms. The van der Waals surface area contributed by atoms with E-state index in [4.69, 9.17) is 14.2 Å². The van der Waals surface area contributed by atoms with E-state index in [-0.39, 0.29) is 31.1 Å². The van der Waals surface area contributed by atoms with Crippen molar-refractivity contribution in [3.63, 3.8) is 0 Å². The van der Waals surface area contributed by atoms with Crippen LogP contribution in [0.5, 0.6) is 0 Å². The molecule has 0 aliphatic heterocycles. The van der Waals surface area contributed by atoms with E-state index in [9.17, 15) is 14.4 Å². The van der Waals surface area contributed by atoms with E-state index >= 15 is 0 Å². The van der Waals surface area contributed by atoms with Gasteiger partial charge in [0, 0.05) is 19.3 Å². The Kier molecular flexibility index (Phi) is 56.6. The molecule has 6 nitrogen and oxygen atoms in total. The van der Waals surface area contributed by atoms with Gasteiger partial charge in [0.15, 0.2) is 6.10 Å². The number of hydrogen-bond donors (Lipinski definition) is 0. The molecule has 0 aliphatic carbocycles. The number of esters is 3. The maximum Gasteiger partial charge on any atom is 0.306 e. The zero-order valence-corrected chi connectivity index (χ0v) is 46.4. The van der Waals surface area contributed by atoms with Crippen LogP contribution < -0.4 is 0 Å². The molecule has 6 heteroatoms. The van der Waals surface area contributed by atoms with Crippen molar-refractivity contribution < 1.29 is 28.6 Å². The number of rotatable bonds is 58. The number of carbonyl (C=O) groups is 3. The lowest BCUT2D eigenvalue weighted by Crippen LogP contribution is -2.30. The quantitative estimate of drug-likeness (QED) is 0.0343. The Balaban J connectivity index is 4.10. The molecule has 0 fully saturated rings. The van der Waals surface area contributed by atoms with Crippen molar-refractivity contribution in [2.45, 2.75) is 367 Å². The normalized spacial score (nSPS) is 11.9. The van der Waals surface area contributed by atoms with Crippen molar-refractivity contribution in [1.29, 1.82) is 0 Å². The second-order valence-corrected chi connectivity index (χ2v) is 21.3. The fraction of sp³-hybridized carbons (Fsp3) is 0.952. The maximum absolute atomic E-state index is 12.8. The van der Waals surface area contributed by atoms with E-state index in [0.29, 0.717) is 19.3 Å². The molecule has 0 radical (unpaired) electrons. The molecule has 0 N–H and O–H groups in total. The van der Waals surface area contributed by atoms with E-state index in [1.165, 1.54) is 263 Å². The molecule has 0 aromatic carbocycles. The lowest BCUT2D eigenvalue weighted by molar-refractivity contribution is -0.167.